The van der Waals surface area contributed by atoms with E-state index in [2.05, 4.69) is 17.0 Å². The van der Waals surface area contributed by atoms with Crippen molar-refractivity contribution in [3.63, 3.8) is 0 Å². The van der Waals surface area contributed by atoms with Crippen molar-refractivity contribution in [2.75, 3.05) is 20.3 Å². The summed E-state index contributed by atoms with van der Waals surface area (Å²) >= 11 is 0. The summed E-state index contributed by atoms with van der Waals surface area (Å²) in [4.78, 5) is 35.2. The van der Waals surface area contributed by atoms with Crippen LogP contribution in [0.3, 0.4) is 0 Å². The third kappa shape index (κ3) is 7.18. The molecule has 0 heterocycles. The van der Waals surface area contributed by atoms with E-state index in [-0.39, 0.29) is 13.0 Å². The highest BCUT2D eigenvalue weighted by atomic mass is 19.4. The van der Waals surface area contributed by atoms with Crippen molar-refractivity contribution in [2.45, 2.75) is 50.7 Å². The van der Waals surface area contributed by atoms with Gasteiger partial charge in [-0.3, -0.25) is 4.79 Å². The van der Waals surface area contributed by atoms with Crippen molar-refractivity contribution >= 4 is 18.0 Å². The molecule has 0 aromatic rings. The standard InChI is InChI=1S/C15H23F3N2O5/c1-10-3-6-14(7-4-10,12(22)24-2)20-11(21)5-8-19-13(23)25-9-15(16,17)18/h10H,3-9H2,1-2H3,(H,19,23)(H,20,21). The Morgan fingerprint density at radius 1 is 1.20 bits per heavy atom. The fourth-order valence-corrected chi connectivity index (χ4v) is 2.64. The third-order valence-corrected chi connectivity index (χ3v) is 4.07. The Morgan fingerprint density at radius 3 is 2.32 bits per heavy atom. The minimum absolute atomic E-state index is 0.199. The van der Waals surface area contributed by atoms with Crippen molar-refractivity contribution in [3.8, 4) is 0 Å². The van der Waals surface area contributed by atoms with E-state index in [4.69, 9.17) is 4.74 Å². The van der Waals surface area contributed by atoms with Gasteiger partial charge in [-0.05, 0) is 31.6 Å². The molecular formula is C15H23F3N2O5. The van der Waals surface area contributed by atoms with Crippen molar-refractivity contribution < 1.29 is 37.0 Å². The maximum atomic E-state index is 12.1. The Bertz CT molecular complexity index is 488. The number of carbonyl (C=O) groups excluding carboxylic acids is 3. The summed E-state index contributed by atoms with van der Waals surface area (Å²) in [5.41, 5.74) is -1.09. The summed E-state index contributed by atoms with van der Waals surface area (Å²) in [5.74, 6) is -0.582. The highest BCUT2D eigenvalue weighted by molar-refractivity contribution is 5.88. The molecule has 0 aliphatic heterocycles. The monoisotopic (exact) mass is 368 g/mol. The van der Waals surface area contributed by atoms with Crippen molar-refractivity contribution in [2.24, 2.45) is 5.92 Å². The Kier molecular flexibility index (Phi) is 7.50. The lowest BCUT2D eigenvalue weighted by Gasteiger charge is -2.37. The van der Waals surface area contributed by atoms with Gasteiger partial charge in [-0.2, -0.15) is 13.2 Å². The van der Waals surface area contributed by atoms with Crippen LogP contribution >= 0.6 is 0 Å². The van der Waals surface area contributed by atoms with E-state index < -0.39 is 36.3 Å². The lowest BCUT2D eigenvalue weighted by Crippen LogP contribution is -2.57. The molecule has 1 aliphatic carbocycles. The smallest absolute Gasteiger partial charge is 0.422 e. The molecule has 0 spiro atoms. The predicted octanol–water partition coefficient (Wildman–Crippen LogP) is 1.90. The number of methoxy groups -OCH3 is 1. The van der Waals surface area contributed by atoms with E-state index >= 15 is 0 Å². The van der Waals surface area contributed by atoms with Crippen molar-refractivity contribution in [1.82, 2.24) is 10.6 Å². The van der Waals surface area contributed by atoms with Gasteiger partial charge in [0, 0.05) is 13.0 Å². The molecule has 1 aliphatic rings. The first-order valence-corrected chi connectivity index (χ1v) is 7.95. The van der Waals surface area contributed by atoms with Gasteiger partial charge in [0.05, 0.1) is 7.11 Å². The number of halogens is 3. The molecule has 0 aromatic heterocycles. The number of ether oxygens (including phenoxy) is 2. The van der Waals surface area contributed by atoms with Crippen LogP contribution in [0.4, 0.5) is 18.0 Å². The summed E-state index contributed by atoms with van der Waals surface area (Å²) in [7, 11) is 1.24. The summed E-state index contributed by atoms with van der Waals surface area (Å²) in [6.07, 6.45) is -3.65. The molecule has 1 rings (SSSR count). The second kappa shape index (κ2) is 8.91. The first-order valence-electron chi connectivity index (χ1n) is 7.95. The number of alkyl carbamates (subject to hydrolysis) is 1. The first-order chi connectivity index (χ1) is 11.6. The first kappa shape index (κ1) is 21.0. The van der Waals surface area contributed by atoms with E-state index in [0.29, 0.717) is 18.8 Å². The van der Waals surface area contributed by atoms with Crippen LogP contribution in [0.25, 0.3) is 0 Å². The predicted molar refractivity (Wildman–Crippen MR) is 80.5 cm³/mol. The second-order valence-corrected chi connectivity index (χ2v) is 6.17. The molecule has 2 N–H and O–H groups in total. The van der Waals surface area contributed by atoms with Gasteiger partial charge in [-0.25, -0.2) is 9.59 Å². The molecule has 0 aromatic carbocycles. The largest absolute Gasteiger partial charge is 0.467 e. The summed E-state index contributed by atoms with van der Waals surface area (Å²) in [6, 6.07) is 0. The normalized spacial score (nSPS) is 23.5. The maximum absolute atomic E-state index is 12.1. The lowest BCUT2D eigenvalue weighted by molar-refractivity contribution is -0.160. The molecule has 25 heavy (non-hydrogen) atoms. The van der Waals surface area contributed by atoms with E-state index in [0.717, 1.165) is 12.8 Å². The maximum Gasteiger partial charge on any atom is 0.422 e. The van der Waals surface area contributed by atoms with E-state index in [9.17, 15) is 27.6 Å². The number of hydrogen-bond acceptors (Lipinski definition) is 5. The van der Waals surface area contributed by atoms with Crippen LogP contribution in [-0.4, -0.2) is 49.9 Å². The molecule has 0 atom stereocenters. The van der Waals surface area contributed by atoms with E-state index in [1.807, 2.05) is 5.32 Å². The molecule has 144 valence electrons. The van der Waals surface area contributed by atoms with Crippen LogP contribution in [0.5, 0.6) is 0 Å². The molecule has 0 saturated heterocycles. The number of nitrogens with one attached hydrogen (secondary N) is 2. The number of hydrogen-bond donors (Lipinski definition) is 2. The van der Waals surface area contributed by atoms with Crippen LogP contribution in [0.2, 0.25) is 0 Å². The number of alkyl halides is 3. The topological polar surface area (TPSA) is 93.7 Å². The Labute approximate surface area is 143 Å². The third-order valence-electron chi connectivity index (χ3n) is 4.07. The van der Waals surface area contributed by atoms with Crippen molar-refractivity contribution in [3.05, 3.63) is 0 Å². The molecule has 7 nitrogen and oxygen atoms in total. The zero-order valence-corrected chi connectivity index (χ0v) is 14.2. The van der Waals surface area contributed by atoms with Crippen LogP contribution in [0, 0.1) is 5.92 Å². The van der Waals surface area contributed by atoms with Crippen LogP contribution in [0.1, 0.15) is 39.0 Å². The van der Waals surface area contributed by atoms with Crippen LogP contribution in [-0.2, 0) is 19.1 Å². The molecule has 10 heteroatoms. The Morgan fingerprint density at radius 2 is 1.80 bits per heavy atom. The second-order valence-electron chi connectivity index (χ2n) is 6.17. The Balaban J connectivity index is 2.43. The zero-order valence-electron chi connectivity index (χ0n) is 14.2. The van der Waals surface area contributed by atoms with Gasteiger partial charge in [-0.1, -0.05) is 6.92 Å². The highest BCUT2D eigenvalue weighted by Gasteiger charge is 2.43. The highest BCUT2D eigenvalue weighted by Crippen LogP contribution is 2.32. The quantitative estimate of drug-likeness (QED) is 0.699. The minimum atomic E-state index is -4.61. The Hall–Kier alpha value is -2.00. The van der Waals surface area contributed by atoms with Crippen LogP contribution in [0.15, 0.2) is 0 Å². The molecule has 2 amide bonds. The molecule has 0 radical (unpaired) electrons. The minimum Gasteiger partial charge on any atom is -0.467 e. The van der Waals surface area contributed by atoms with E-state index in [1.165, 1.54) is 7.11 Å². The molecule has 0 bridgehead atoms. The average molecular weight is 368 g/mol. The SMILES string of the molecule is COC(=O)C1(NC(=O)CCNC(=O)OCC(F)(F)F)CCC(C)CC1. The van der Waals surface area contributed by atoms with Gasteiger partial charge in [-0.15, -0.1) is 0 Å². The summed E-state index contributed by atoms with van der Waals surface area (Å²) < 4.78 is 44.4. The van der Waals surface area contributed by atoms with E-state index in [1.54, 1.807) is 0 Å². The lowest BCUT2D eigenvalue weighted by atomic mass is 9.77. The van der Waals surface area contributed by atoms with Gasteiger partial charge < -0.3 is 20.1 Å². The average Bonchev–Trinajstić information content (AvgIpc) is 2.54. The number of rotatable bonds is 6. The molecule has 0 unspecified atom stereocenters. The van der Waals surface area contributed by atoms with Gasteiger partial charge >= 0.3 is 18.2 Å². The van der Waals surface area contributed by atoms with Crippen molar-refractivity contribution in [1.29, 1.82) is 0 Å². The molecular weight excluding hydrogens is 345 g/mol. The molecule has 1 saturated carbocycles. The fraction of sp³-hybridized carbons (Fsp3) is 0.800. The van der Waals surface area contributed by atoms with Crippen LogP contribution < -0.4 is 10.6 Å². The summed E-state index contributed by atoms with van der Waals surface area (Å²) in [6.45, 7) is 0.143. The molecule has 1 fully saturated rings. The number of carbonyl (C=O) groups is 3. The van der Waals surface area contributed by atoms with Gasteiger partial charge in [0.2, 0.25) is 5.91 Å². The zero-order chi connectivity index (χ0) is 19.1. The fourth-order valence-electron chi connectivity index (χ4n) is 2.64. The van der Waals surface area contributed by atoms with Gasteiger partial charge in [0.15, 0.2) is 6.61 Å². The number of esters is 1. The van der Waals surface area contributed by atoms with Gasteiger partial charge in [0.1, 0.15) is 5.54 Å². The number of amides is 2. The van der Waals surface area contributed by atoms with Gasteiger partial charge in [0.25, 0.3) is 0 Å². The summed E-state index contributed by atoms with van der Waals surface area (Å²) in [5, 5.41) is 4.70.